The highest BCUT2D eigenvalue weighted by atomic mass is 127. The lowest BCUT2D eigenvalue weighted by Gasteiger charge is -2.21. The zero-order valence-corrected chi connectivity index (χ0v) is 17.4. The SMILES string of the molecule is CN=C(NCc1nccn1CC(C)C)N(C)Cc1cnn(C)c1.I. The van der Waals surface area contributed by atoms with E-state index in [0.717, 1.165) is 30.4 Å². The monoisotopic (exact) mass is 445 g/mol. The molecule has 0 aromatic carbocycles. The molecule has 0 aliphatic heterocycles. The van der Waals surface area contributed by atoms with E-state index in [1.807, 2.05) is 43.6 Å². The van der Waals surface area contributed by atoms with Gasteiger partial charge in [0.1, 0.15) is 5.82 Å². The summed E-state index contributed by atoms with van der Waals surface area (Å²) >= 11 is 0. The van der Waals surface area contributed by atoms with Gasteiger partial charge in [0.15, 0.2) is 5.96 Å². The van der Waals surface area contributed by atoms with E-state index in [4.69, 9.17) is 0 Å². The normalized spacial score (nSPS) is 11.5. The highest BCUT2D eigenvalue weighted by molar-refractivity contribution is 14.0. The van der Waals surface area contributed by atoms with Gasteiger partial charge < -0.3 is 14.8 Å². The largest absolute Gasteiger partial charge is 0.349 e. The third-order valence-corrected chi connectivity index (χ3v) is 3.52. The molecule has 0 saturated carbocycles. The summed E-state index contributed by atoms with van der Waals surface area (Å²) < 4.78 is 3.99. The number of imidazole rings is 1. The molecular formula is C16H28IN7. The molecule has 2 heterocycles. The molecular weight excluding hydrogens is 417 g/mol. The van der Waals surface area contributed by atoms with Gasteiger partial charge in [-0.15, -0.1) is 24.0 Å². The highest BCUT2D eigenvalue weighted by Gasteiger charge is 2.10. The number of hydrogen-bond donors (Lipinski definition) is 1. The van der Waals surface area contributed by atoms with Crippen LogP contribution in [0.4, 0.5) is 0 Å². The van der Waals surface area contributed by atoms with Gasteiger partial charge in [0.2, 0.25) is 0 Å². The minimum Gasteiger partial charge on any atom is -0.349 e. The van der Waals surface area contributed by atoms with Crippen LogP contribution in [0.5, 0.6) is 0 Å². The van der Waals surface area contributed by atoms with E-state index in [9.17, 15) is 0 Å². The van der Waals surface area contributed by atoms with Crippen molar-refractivity contribution in [1.29, 1.82) is 0 Å². The summed E-state index contributed by atoms with van der Waals surface area (Å²) in [6.07, 6.45) is 7.76. The van der Waals surface area contributed by atoms with Crippen LogP contribution < -0.4 is 5.32 Å². The lowest BCUT2D eigenvalue weighted by Crippen LogP contribution is -2.38. The molecule has 0 spiro atoms. The standard InChI is InChI=1S/C16H27N7.HI/c1-13(2)10-23-7-6-18-15(23)9-19-16(17-3)21(4)11-14-8-20-22(5)12-14;/h6-8,12-13H,9-11H2,1-5H3,(H,17,19);1H. The fourth-order valence-corrected chi connectivity index (χ4v) is 2.51. The molecule has 1 N–H and O–H groups in total. The molecule has 8 heteroatoms. The molecule has 134 valence electrons. The number of aromatic nitrogens is 4. The van der Waals surface area contributed by atoms with Crippen LogP contribution in [0.15, 0.2) is 29.8 Å². The third-order valence-electron chi connectivity index (χ3n) is 3.52. The molecule has 2 rings (SSSR count). The van der Waals surface area contributed by atoms with Gasteiger partial charge in [0, 0.05) is 58.4 Å². The van der Waals surface area contributed by atoms with Crippen LogP contribution in [0.25, 0.3) is 0 Å². The number of halogens is 1. The van der Waals surface area contributed by atoms with Gasteiger partial charge in [-0.25, -0.2) is 4.98 Å². The number of hydrogen-bond acceptors (Lipinski definition) is 3. The van der Waals surface area contributed by atoms with Crippen LogP contribution in [0.1, 0.15) is 25.2 Å². The van der Waals surface area contributed by atoms with Crippen LogP contribution in [-0.2, 0) is 26.7 Å². The van der Waals surface area contributed by atoms with Crippen LogP contribution in [0.2, 0.25) is 0 Å². The van der Waals surface area contributed by atoms with Crippen molar-refractivity contribution in [3.8, 4) is 0 Å². The molecule has 2 aromatic rings. The molecule has 0 unspecified atom stereocenters. The Bertz CT molecular complexity index is 644. The fraction of sp³-hybridized carbons (Fsp3) is 0.562. The number of rotatable bonds is 6. The van der Waals surface area contributed by atoms with Crippen molar-refractivity contribution in [3.05, 3.63) is 36.2 Å². The minimum absolute atomic E-state index is 0. The van der Waals surface area contributed by atoms with Crippen molar-refractivity contribution in [2.75, 3.05) is 14.1 Å². The van der Waals surface area contributed by atoms with Crippen molar-refractivity contribution < 1.29 is 0 Å². The first-order valence-corrected chi connectivity index (χ1v) is 7.89. The Morgan fingerprint density at radius 2 is 2.17 bits per heavy atom. The predicted octanol–water partition coefficient (Wildman–Crippen LogP) is 2.10. The van der Waals surface area contributed by atoms with Crippen LogP contribution in [-0.4, -0.2) is 44.3 Å². The first-order chi connectivity index (χ1) is 11.0. The predicted molar refractivity (Wildman–Crippen MR) is 107 cm³/mol. The first kappa shape index (κ1) is 20.5. The van der Waals surface area contributed by atoms with Gasteiger partial charge in [-0.1, -0.05) is 13.8 Å². The number of nitrogens with one attached hydrogen (secondary N) is 1. The van der Waals surface area contributed by atoms with Crippen LogP contribution in [0.3, 0.4) is 0 Å². The summed E-state index contributed by atoms with van der Waals surface area (Å²) in [4.78, 5) is 10.9. The summed E-state index contributed by atoms with van der Waals surface area (Å²) in [7, 11) is 5.73. The lowest BCUT2D eigenvalue weighted by atomic mass is 10.2. The van der Waals surface area contributed by atoms with Gasteiger partial charge in [0.05, 0.1) is 12.7 Å². The maximum atomic E-state index is 4.44. The Morgan fingerprint density at radius 3 is 2.75 bits per heavy atom. The Kier molecular flexibility index (Phi) is 8.23. The van der Waals surface area contributed by atoms with E-state index >= 15 is 0 Å². The lowest BCUT2D eigenvalue weighted by molar-refractivity contribution is 0.468. The van der Waals surface area contributed by atoms with Gasteiger partial charge in [0.25, 0.3) is 0 Å². The number of aliphatic imine (C=N–C) groups is 1. The smallest absolute Gasteiger partial charge is 0.194 e. The maximum absolute atomic E-state index is 4.44. The quantitative estimate of drug-likeness (QED) is 0.420. The molecule has 0 fully saturated rings. The summed E-state index contributed by atoms with van der Waals surface area (Å²) in [6.45, 7) is 6.80. The van der Waals surface area contributed by atoms with E-state index in [1.54, 1.807) is 7.05 Å². The molecule has 2 aromatic heterocycles. The maximum Gasteiger partial charge on any atom is 0.194 e. The van der Waals surface area contributed by atoms with Crippen molar-refractivity contribution in [3.63, 3.8) is 0 Å². The number of aryl methyl sites for hydroxylation is 1. The number of guanidine groups is 1. The summed E-state index contributed by atoms with van der Waals surface area (Å²) in [6, 6.07) is 0. The van der Waals surface area contributed by atoms with E-state index in [2.05, 4.69) is 43.7 Å². The average molecular weight is 445 g/mol. The summed E-state index contributed by atoms with van der Waals surface area (Å²) in [5, 5.41) is 7.57. The summed E-state index contributed by atoms with van der Waals surface area (Å²) in [5.74, 6) is 2.46. The van der Waals surface area contributed by atoms with Gasteiger partial charge >= 0.3 is 0 Å². The Morgan fingerprint density at radius 1 is 1.42 bits per heavy atom. The highest BCUT2D eigenvalue weighted by Crippen LogP contribution is 2.05. The zero-order chi connectivity index (χ0) is 16.8. The molecule has 0 bridgehead atoms. The average Bonchev–Trinajstić information content (AvgIpc) is 3.08. The molecule has 0 saturated heterocycles. The first-order valence-electron chi connectivity index (χ1n) is 7.89. The zero-order valence-electron chi connectivity index (χ0n) is 15.1. The Balaban J connectivity index is 0.00000288. The number of nitrogens with zero attached hydrogens (tertiary/aromatic N) is 6. The van der Waals surface area contributed by atoms with Crippen molar-refractivity contribution in [2.24, 2.45) is 18.0 Å². The van der Waals surface area contributed by atoms with Crippen LogP contribution >= 0.6 is 24.0 Å². The molecule has 0 atom stereocenters. The van der Waals surface area contributed by atoms with Gasteiger partial charge in [-0.05, 0) is 5.92 Å². The minimum atomic E-state index is 0. The molecule has 24 heavy (non-hydrogen) atoms. The Labute approximate surface area is 161 Å². The Hall–Kier alpha value is -1.58. The second kappa shape index (κ2) is 9.65. The second-order valence-corrected chi connectivity index (χ2v) is 6.17. The van der Waals surface area contributed by atoms with Crippen molar-refractivity contribution in [1.82, 2.24) is 29.5 Å². The summed E-state index contributed by atoms with van der Waals surface area (Å²) in [5.41, 5.74) is 1.15. The third kappa shape index (κ3) is 5.81. The van der Waals surface area contributed by atoms with E-state index in [0.29, 0.717) is 12.5 Å². The molecule has 0 aliphatic rings. The van der Waals surface area contributed by atoms with Crippen molar-refractivity contribution >= 4 is 29.9 Å². The molecule has 0 amide bonds. The second-order valence-electron chi connectivity index (χ2n) is 6.17. The van der Waals surface area contributed by atoms with Gasteiger partial charge in [-0.2, -0.15) is 5.10 Å². The molecule has 7 nitrogen and oxygen atoms in total. The van der Waals surface area contributed by atoms with E-state index in [-0.39, 0.29) is 24.0 Å². The van der Waals surface area contributed by atoms with Crippen LogP contribution in [0, 0.1) is 5.92 Å². The molecule has 0 radical (unpaired) electrons. The molecule has 0 aliphatic carbocycles. The van der Waals surface area contributed by atoms with E-state index < -0.39 is 0 Å². The topological polar surface area (TPSA) is 63.3 Å². The van der Waals surface area contributed by atoms with Gasteiger partial charge in [-0.3, -0.25) is 9.67 Å². The van der Waals surface area contributed by atoms with Crippen molar-refractivity contribution in [2.45, 2.75) is 33.5 Å². The fourth-order valence-electron chi connectivity index (χ4n) is 2.51. The van der Waals surface area contributed by atoms with E-state index in [1.165, 1.54) is 0 Å².